The van der Waals surface area contributed by atoms with Gasteiger partial charge in [0.05, 0.1) is 17.8 Å². The van der Waals surface area contributed by atoms with Crippen LogP contribution in [0.5, 0.6) is 0 Å². The maximum absolute atomic E-state index is 12.9. The van der Waals surface area contributed by atoms with Crippen molar-refractivity contribution in [1.29, 1.82) is 0 Å². The molecule has 1 fully saturated rings. The Morgan fingerprint density at radius 3 is 2.92 bits per heavy atom. The number of aryl methyl sites for hydroxylation is 1. The largest absolute Gasteiger partial charge is 0.337 e. The molecule has 1 atom stereocenters. The molecule has 2 aromatic rings. The van der Waals surface area contributed by atoms with E-state index < -0.39 is 0 Å². The van der Waals surface area contributed by atoms with Crippen molar-refractivity contribution < 1.29 is 4.79 Å². The van der Waals surface area contributed by atoms with Gasteiger partial charge in [0.15, 0.2) is 0 Å². The quantitative estimate of drug-likeness (QED) is 0.872. The Balaban J connectivity index is 1.84. The van der Waals surface area contributed by atoms with Crippen molar-refractivity contribution >= 4 is 21.8 Å². The Hall–Kier alpha value is -1.66. The number of nitrogens with zero attached hydrogens (tertiary/aromatic N) is 3. The van der Waals surface area contributed by atoms with Gasteiger partial charge in [-0.15, -0.1) is 0 Å². The normalized spacial score (nSPS) is 17.2. The molecule has 1 aliphatic rings. The number of aromatic nitrogens is 2. The summed E-state index contributed by atoms with van der Waals surface area (Å²) < 4.78 is 2.97. The fourth-order valence-electron chi connectivity index (χ4n) is 3.28. The van der Waals surface area contributed by atoms with Gasteiger partial charge < -0.3 is 10.2 Å². The molecule has 1 N–H and O–H groups in total. The van der Waals surface area contributed by atoms with Gasteiger partial charge in [-0.25, -0.2) is 0 Å². The molecule has 1 amide bonds. The van der Waals surface area contributed by atoms with E-state index in [1.54, 1.807) is 0 Å². The molecule has 128 valence electrons. The molecule has 0 aliphatic carbocycles. The molecule has 3 rings (SSSR count). The summed E-state index contributed by atoms with van der Waals surface area (Å²) in [5, 5.41) is 7.92. The number of rotatable bonds is 4. The van der Waals surface area contributed by atoms with Gasteiger partial charge in [0.25, 0.3) is 5.91 Å². The molecule has 0 radical (unpaired) electrons. The number of carbonyl (C=O) groups excluding carboxylic acids is 1. The summed E-state index contributed by atoms with van der Waals surface area (Å²) in [4.78, 5) is 14.8. The van der Waals surface area contributed by atoms with Gasteiger partial charge >= 0.3 is 0 Å². The molecule has 0 saturated carbocycles. The Kier molecular flexibility index (Phi) is 5.06. The van der Waals surface area contributed by atoms with Crippen molar-refractivity contribution in [3.8, 4) is 0 Å². The highest BCUT2D eigenvalue weighted by atomic mass is 79.9. The minimum atomic E-state index is 0.0687. The fraction of sp³-hybridized carbons (Fsp3) is 0.444. The Morgan fingerprint density at radius 1 is 1.46 bits per heavy atom. The molecule has 24 heavy (non-hydrogen) atoms. The van der Waals surface area contributed by atoms with E-state index in [2.05, 4.69) is 38.5 Å². The van der Waals surface area contributed by atoms with Crippen molar-refractivity contribution in [2.75, 3.05) is 20.1 Å². The summed E-state index contributed by atoms with van der Waals surface area (Å²) in [5.74, 6) is 0.0687. The molecule has 0 spiro atoms. The number of amides is 1. The minimum absolute atomic E-state index is 0.0687. The first-order valence-corrected chi connectivity index (χ1v) is 9.03. The van der Waals surface area contributed by atoms with Crippen LogP contribution in [0.25, 0.3) is 0 Å². The van der Waals surface area contributed by atoms with Crippen molar-refractivity contribution in [2.45, 2.75) is 32.9 Å². The van der Waals surface area contributed by atoms with E-state index in [0.29, 0.717) is 6.54 Å². The number of hydrogen-bond donors (Lipinski definition) is 1. The Bertz CT molecular complexity index is 749. The van der Waals surface area contributed by atoms with E-state index in [0.717, 1.165) is 46.5 Å². The fourth-order valence-corrected chi connectivity index (χ4v) is 3.73. The Labute approximate surface area is 151 Å². The SMILES string of the molecule is Cc1nn(Cc2cccc(Br)c2)c(C)c1C(=O)N(C)C1CCNC1. The van der Waals surface area contributed by atoms with Gasteiger partial charge in [0.2, 0.25) is 0 Å². The smallest absolute Gasteiger partial charge is 0.257 e. The number of likely N-dealkylation sites (N-methyl/N-ethyl adjacent to an activating group) is 1. The van der Waals surface area contributed by atoms with Gasteiger partial charge in [0.1, 0.15) is 0 Å². The summed E-state index contributed by atoms with van der Waals surface area (Å²) in [6, 6.07) is 8.43. The summed E-state index contributed by atoms with van der Waals surface area (Å²) in [6.07, 6.45) is 1.01. The average molecular weight is 391 g/mol. The van der Waals surface area contributed by atoms with Crippen molar-refractivity contribution in [3.63, 3.8) is 0 Å². The summed E-state index contributed by atoms with van der Waals surface area (Å²) in [5.41, 5.74) is 3.61. The third-order valence-electron chi connectivity index (χ3n) is 4.72. The molecular weight excluding hydrogens is 368 g/mol. The van der Waals surface area contributed by atoms with E-state index in [4.69, 9.17) is 0 Å². The number of benzene rings is 1. The highest BCUT2D eigenvalue weighted by Gasteiger charge is 2.28. The number of carbonyl (C=O) groups is 1. The van der Waals surface area contributed by atoms with Gasteiger partial charge in [-0.05, 0) is 44.5 Å². The number of nitrogens with one attached hydrogen (secondary N) is 1. The highest BCUT2D eigenvalue weighted by Crippen LogP contribution is 2.20. The lowest BCUT2D eigenvalue weighted by Gasteiger charge is -2.24. The van der Waals surface area contributed by atoms with E-state index in [9.17, 15) is 4.79 Å². The minimum Gasteiger partial charge on any atom is -0.337 e. The second-order valence-corrected chi connectivity index (χ2v) is 7.31. The van der Waals surface area contributed by atoms with Crippen molar-refractivity contribution in [3.05, 3.63) is 51.3 Å². The van der Waals surface area contributed by atoms with Crippen LogP contribution in [0.15, 0.2) is 28.7 Å². The molecule has 1 aromatic heterocycles. The predicted molar refractivity (Wildman–Crippen MR) is 98.3 cm³/mol. The van der Waals surface area contributed by atoms with Crippen LogP contribution in [0.4, 0.5) is 0 Å². The number of hydrogen-bond acceptors (Lipinski definition) is 3. The molecular formula is C18H23BrN4O. The van der Waals surface area contributed by atoms with Crippen molar-refractivity contribution in [1.82, 2.24) is 20.0 Å². The maximum atomic E-state index is 12.9. The van der Waals surface area contributed by atoms with E-state index in [1.807, 2.05) is 42.6 Å². The lowest BCUT2D eigenvalue weighted by molar-refractivity contribution is 0.0742. The zero-order valence-electron chi connectivity index (χ0n) is 14.3. The van der Waals surface area contributed by atoms with Crippen LogP contribution in [0.1, 0.15) is 33.7 Å². The van der Waals surface area contributed by atoms with E-state index in [-0.39, 0.29) is 11.9 Å². The standard InChI is InChI=1S/C18H23BrN4O/c1-12-17(18(24)22(3)16-7-8-20-10-16)13(2)23(21-12)11-14-5-4-6-15(19)9-14/h4-6,9,16,20H,7-8,10-11H2,1-3H3. The average Bonchev–Trinajstić information content (AvgIpc) is 3.16. The summed E-state index contributed by atoms with van der Waals surface area (Å²) in [7, 11) is 1.89. The third kappa shape index (κ3) is 3.39. The van der Waals surface area contributed by atoms with Gasteiger partial charge in [-0.2, -0.15) is 5.10 Å². The topological polar surface area (TPSA) is 50.2 Å². The van der Waals surface area contributed by atoms with E-state index >= 15 is 0 Å². The Morgan fingerprint density at radius 2 is 2.25 bits per heavy atom. The second-order valence-electron chi connectivity index (χ2n) is 6.40. The molecule has 6 heteroatoms. The van der Waals surface area contributed by atoms with Crippen LogP contribution in [0, 0.1) is 13.8 Å². The monoisotopic (exact) mass is 390 g/mol. The first-order valence-electron chi connectivity index (χ1n) is 8.23. The van der Waals surface area contributed by atoms with Crippen LogP contribution in [-0.4, -0.2) is 46.8 Å². The third-order valence-corrected chi connectivity index (χ3v) is 5.21. The van der Waals surface area contributed by atoms with Crippen molar-refractivity contribution in [2.24, 2.45) is 0 Å². The molecule has 0 bridgehead atoms. The van der Waals surface area contributed by atoms with Gasteiger partial charge in [-0.3, -0.25) is 9.48 Å². The summed E-state index contributed by atoms with van der Waals surface area (Å²) in [6.45, 7) is 6.40. The molecule has 5 nitrogen and oxygen atoms in total. The lowest BCUT2D eigenvalue weighted by Crippen LogP contribution is -2.38. The molecule has 1 saturated heterocycles. The predicted octanol–water partition coefficient (Wildman–Crippen LogP) is 2.74. The van der Waals surface area contributed by atoms with Crippen LogP contribution < -0.4 is 5.32 Å². The zero-order valence-corrected chi connectivity index (χ0v) is 15.9. The highest BCUT2D eigenvalue weighted by molar-refractivity contribution is 9.10. The van der Waals surface area contributed by atoms with E-state index in [1.165, 1.54) is 0 Å². The second kappa shape index (κ2) is 7.07. The van der Waals surface area contributed by atoms with Gasteiger partial charge in [0, 0.05) is 29.8 Å². The van der Waals surface area contributed by atoms with Crippen LogP contribution >= 0.6 is 15.9 Å². The van der Waals surface area contributed by atoms with Crippen LogP contribution in [0.3, 0.4) is 0 Å². The first kappa shape index (κ1) is 17.2. The molecule has 1 aliphatic heterocycles. The summed E-state index contributed by atoms with van der Waals surface area (Å²) >= 11 is 3.50. The van der Waals surface area contributed by atoms with Gasteiger partial charge in [-0.1, -0.05) is 28.1 Å². The number of halogens is 1. The molecule has 1 aromatic carbocycles. The lowest BCUT2D eigenvalue weighted by atomic mass is 10.1. The molecule has 1 unspecified atom stereocenters. The zero-order chi connectivity index (χ0) is 17.3. The van der Waals surface area contributed by atoms with Crippen LogP contribution in [0.2, 0.25) is 0 Å². The molecule has 2 heterocycles. The maximum Gasteiger partial charge on any atom is 0.257 e. The first-order chi connectivity index (χ1) is 11.5. The van der Waals surface area contributed by atoms with Crippen LogP contribution in [-0.2, 0) is 6.54 Å².